The van der Waals surface area contributed by atoms with Gasteiger partial charge in [0.15, 0.2) is 0 Å². The van der Waals surface area contributed by atoms with Crippen molar-refractivity contribution in [3.05, 3.63) is 78.4 Å². The van der Waals surface area contributed by atoms with Crippen LogP contribution in [0, 0.1) is 12.3 Å². The Morgan fingerprint density at radius 1 is 0.710 bits per heavy atom. The van der Waals surface area contributed by atoms with Gasteiger partial charge in [-0.1, -0.05) is 56.9 Å². The summed E-state index contributed by atoms with van der Waals surface area (Å²) in [6.45, 7) is 5.70. The number of hydrogen-bond acceptors (Lipinski definition) is 3. The van der Waals surface area contributed by atoms with Crippen LogP contribution in [0.15, 0.2) is 72.8 Å². The first-order valence-corrected chi connectivity index (χ1v) is 11.1. The molecule has 3 heteroatoms. The molecule has 0 saturated carbocycles. The van der Waals surface area contributed by atoms with Crippen LogP contribution in [0.1, 0.15) is 45.1 Å². The van der Waals surface area contributed by atoms with Crippen molar-refractivity contribution in [3.63, 3.8) is 0 Å². The minimum Gasteiger partial charge on any atom is -0.491 e. The van der Waals surface area contributed by atoms with Crippen molar-refractivity contribution < 1.29 is 9.47 Å². The third kappa shape index (κ3) is 5.83. The minimum absolute atomic E-state index is 0.687. The zero-order chi connectivity index (χ0) is 21.9. The second-order valence-corrected chi connectivity index (χ2v) is 7.37. The molecule has 0 aliphatic rings. The van der Waals surface area contributed by atoms with Gasteiger partial charge in [0.05, 0.1) is 24.6 Å². The molecule has 160 valence electrons. The lowest BCUT2D eigenvalue weighted by Crippen LogP contribution is -2.13. The summed E-state index contributed by atoms with van der Waals surface area (Å²) in [5.74, 6) is 4.39. The minimum atomic E-state index is 0.687. The van der Waals surface area contributed by atoms with Crippen molar-refractivity contribution >= 4 is 17.1 Å². The summed E-state index contributed by atoms with van der Waals surface area (Å²) in [7, 11) is 0. The van der Waals surface area contributed by atoms with Gasteiger partial charge in [-0.3, -0.25) is 0 Å². The van der Waals surface area contributed by atoms with E-state index in [9.17, 15) is 0 Å². The maximum Gasteiger partial charge on any atom is 0.143 e. The van der Waals surface area contributed by atoms with E-state index in [1.165, 1.54) is 0 Å². The summed E-state index contributed by atoms with van der Waals surface area (Å²) in [6.07, 6.45) is 9.79. The number of para-hydroxylation sites is 4. The fourth-order valence-electron chi connectivity index (χ4n) is 3.30. The number of hydrogen-bond donors (Lipinski definition) is 0. The largest absolute Gasteiger partial charge is 0.491 e. The van der Waals surface area contributed by atoms with Crippen LogP contribution in [0.4, 0.5) is 17.1 Å². The van der Waals surface area contributed by atoms with Crippen LogP contribution in [0.25, 0.3) is 0 Å². The average molecular weight is 414 g/mol. The van der Waals surface area contributed by atoms with Crippen molar-refractivity contribution in [3.8, 4) is 23.8 Å². The summed E-state index contributed by atoms with van der Waals surface area (Å²) >= 11 is 0. The molecule has 0 aliphatic heterocycles. The lowest BCUT2D eigenvalue weighted by Gasteiger charge is -2.29. The first kappa shape index (κ1) is 22.3. The molecule has 3 aromatic rings. The van der Waals surface area contributed by atoms with Gasteiger partial charge < -0.3 is 14.4 Å². The SMILES string of the molecule is C#Cc1ccc(N(c2ccccc2OCCCC)c2ccccc2OCCCC)cc1. The predicted molar refractivity (Wildman–Crippen MR) is 130 cm³/mol. The van der Waals surface area contributed by atoms with Crippen LogP contribution < -0.4 is 14.4 Å². The van der Waals surface area contributed by atoms with Gasteiger partial charge in [0.2, 0.25) is 0 Å². The summed E-state index contributed by atoms with van der Waals surface area (Å²) in [4.78, 5) is 2.18. The van der Waals surface area contributed by atoms with Crippen molar-refractivity contribution in [1.29, 1.82) is 0 Å². The zero-order valence-corrected chi connectivity index (χ0v) is 18.5. The Kier molecular flexibility index (Phi) is 8.43. The molecule has 0 aromatic heterocycles. The molecule has 3 rings (SSSR count). The Balaban J connectivity index is 2.09. The van der Waals surface area contributed by atoms with E-state index >= 15 is 0 Å². The van der Waals surface area contributed by atoms with E-state index in [1.54, 1.807) is 0 Å². The molecule has 0 N–H and O–H groups in total. The normalized spacial score (nSPS) is 10.4. The highest BCUT2D eigenvalue weighted by molar-refractivity contribution is 5.83. The summed E-state index contributed by atoms with van der Waals surface area (Å²) in [5.41, 5.74) is 3.79. The average Bonchev–Trinajstić information content (AvgIpc) is 2.82. The van der Waals surface area contributed by atoms with E-state index in [1.807, 2.05) is 60.7 Å². The highest BCUT2D eigenvalue weighted by atomic mass is 16.5. The van der Waals surface area contributed by atoms with Gasteiger partial charge in [-0.15, -0.1) is 6.42 Å². The number of anilines is 3. The molecule has 0 fully saturated rings. The van der Waals surface area contributed by atoms with Gasteiger partial charge in [0.25, 0.3) is 0 Å². The number of rotatable bonds is 11. The second-order valence-electron chi connectivity index (χ2n) is 7.37. The van der Waals surface area contributed by atoms with Gasteiger partial charge >= 0.3 is 0 Å². The number of benzene rings is 3. The first-order chi connectivity index (χ1) is 15.3. The van der Waals surface area contributed by atoms with E-state index < -0.39 is 0 Å². The van der Waals surface area contributed by atoms with Crippen molar-refractivity contribution in [2.75, 3.05) is 18.1 Å². The van der Waals surface area contributed by atoms with E-state index in [-0.39, 0.29) is 0 Å². The fraction of sp³-hybridized carbons (Fsp3) is 0.286. The molecule has 0 atom stereocenters. The molecule has 0 saturated heterocycles. The lowest BCUT2D eigenvalue weighted by molar-refractivity contribution is 0.308. The van der Waals surface area contributed by atoms with Gasteiger partial charge in [-0.25, -0.2) is 0 Å². The molecule has 0 spiro atoms. The Bertz CT molecular complexity index is 935. The van der Waals surface area contributed by atoms with Crippen molar-refractivity contribution in [2.24, 2.45) is 0 Å². The maximum absolute atomic E-state index is 6.17. The summed E-state index contributed by atoms with van der Waals surface area (Å²) in [6, 6.07) is 24.3. The molecule has 0 radical (unpaired) electrons. The fourth-order valence-corrected chi connectivity index (χ4v) is 3.30. The van der Waals surface area contributed by atoms with Gasteiger partial charge in [0, 0.05) is 11.3 Å². The molecule has 0 amide bonds. The highest BCUT2D eigenvalue weighted by Gasteiger charge is 2.20. The third-order valence-electron chi connectivity index (χ3n) is 5.02. The number of nitrogens with zero attached hydrogens (tertiary/aromatic N) is 1. The molecule has 3 nitrogen and oxygen atoms in total. The molecule has 31 heavy (non-hydrogen) atoms. The van der Waals surface area contributed by atoms with Crippen LogP contribution in [0.2, 0.25) is 0 Å². The standard InChI is InChI=1S/C28H31NO2/c1-4-7-21-30-27-15-11-9-13-25(27)29(24-19-17-23(6-3)18-20-24)26-14-10-12-16-28(26)31-22-8-5-2/h3,9-20H,4-5,7-8,21-22H2,1-2H3. The number of terminal acetylenes is 1. The molecule has 0 unspecified atom stereocenters. The zero-order valence-electron chi connectivity index (χ0n) is 18.5. The molecule has 0 bridgehead atoms. The molecule has 3 aromatic carbocycles. The highest BCUT2D eigenvalue weighted by Crippen LogP contribution is 2.44. The Hall–Kier alpha value is -3.38. The van der Waals surface area contributed by atoms with E-state index in [2.05, 4.69) is 36.8 Å². The van der Waals surface area contributed by atoms with Crippen LogP contribution in [-0.4, -0.2) is 13.2 Å². The Morgan fingerprint density at radius 2 is 1.19 bits per heavy atom. The van der Waals surface area contributed by atoms with Gasteiger partial charge in [0.1, 0.15) is 11.5 Å². The number of ether oxygens (including phenoxy) is 2. The first-order valence-electron chi connectivity index (χ1n) is 11.1. The molecular weight excluding hydrogens is 382 g/mol. The maximum atomic E-state index is 6.17. The smallest absolute Gasteiger partial charge is 0.143 e. The van der Waals surface area contributed by atoms with Crippen LogP contribution >= 0.6 is 0 Å². The molecular formula is C28H31NO2. The number of unbranched alkanes of at least 4 members (excludes halogenated alkanes) is 2. The van der Waals surface area contributed by atoms with Crippen LogP contribution in [0.5, 0.6) is 11.5 Å². The third-order valence-corrected chi connectivity index (χ3v) is 5.02. The molecule has 0 aliphatic carbocycles. The predicted octanol–water partition coefficient (Wildman–Crippen LogP) is 7.50. The molecule has 0 heterocycles. The van der Waals surface area contributed by atoms with Crippen LogP contribution in [-0.2, 0) is 0 Å². The lowest BCUT2D eigenvalue weighted by atomic mass is 10.1. The Morgan fingerprint density at radius 3 is 1.65 bits per heavy atom. The van der Waals surface area contributed by atoms with Gasteiger partial charge in [-0.2, -0.15) is 0 Å². The van der Waals surface area contributed by atoms with E-state index in [0.29, 0.717) is 13.2 Å². The van der Waals surface area contributed by atoms with Crippen LogP contribution in [0.3, 0.4) is 0 Å². The van der Waals surface area contributed by atoms with E-state index in [0.717, 1.165) is 59.8 Å². The van der Waals surface area contributed by atoms with E-state index in [4.69, 9.17) is 15.9 Å². The summed E-state index contributed by atoms with van der Waals surface area (Å²) in [5, 5.41) is 0. The topological polar surface area (TPSA) is 21.7 Å². The summed E-state index contributed by atoms with van der Waals surface area (Å²) < 4.78 is 12.3. The monoisotopic (exact) mass is 413 g/mol. The quantitative estimate of drug-likeness (QED) is 0.240. The van der Waals surface area contributed by atoms with Gasteiger partial charge in [-0.05, 0) is 61.4 Å². The van der Waals surface area contributed by atoms with Crippen molar-refractivity contribution in [1.82, 2.24) is 0 Å². The van der Waals surface area contributed by atoms with Crippen molar-refractivity contribution in [2.45, 2.75) is 39.5 Å². The second kappa shape index (κ2) is 11.7. The Labute approximate surface area is 186 Å².